The van der Waals surface area contributed by atoms with E-state index in [4.69, 9.17) is 9.47 Å². The molecule has 2 aromatic rings. The van der Waals surface area contributed by atoms with Crippen LogP contribution in [0.5, 0.6) is 0 Å². The first-order chi connectivity index (χ1) is 11.3. The maximum absolute atomic E-state index is 12.8. The van der Waals surface area contributed by atoms with Crippen LogP contribution in [-0.4, -0.2) is 50.8 Å². The lowest BCUT2D eigenvalue weighted by Crippen LogP contribution is -2.29. The standard InChI is InChI=1S/C19H23NO3/c1-22-11-12-23-14-15-9-10-20(13-15)19(21)18-8-4-6-16-5-2-3-7-17(16)18/h2-8,15H,9-14H2,1H3. The fourth-order valence-corrected chi connectivity index (χ4v) is 3.13. The van der Waals surface area contributed by atoms with Gasteiger partial charge in [-0.1, -0.05) is 36.4 Å². The fraction of sp³-hybridized carbons (Fsp3) is 0.421. The Labute approximate surface area is 137 Å². The monoisotopic (exact) mass is 313 g/mol. The van der Waals surface area contributed by atoms with Crippen LogP contribution in [0.15, 0.2) is 42.5 Å². The number of likely N-dealkylation sites (tertiary alicyclic amines) is 1. The van der Waals surface area contributed by atoms with Crippen LogP contribution in [0.4, 0.5) is 0 Å². The molecule has 23 heavy (non-hydrogen) atoms. The third-order valence-electron chi connectivity index (χ3n) is 4.38. The van der Waals surface area contributed by atoms with Crippen molar-refractivity contribution in [3.05, 3.63) is 48.0 Å². The topological polar surface area (TPSA) is 38.8 Å². The number of ether oxygens (including phenoxy) is 2. The number of methoxy groups -OCH3 is 1. The van der Waals surface area contributed by atoms with Gasteiger partial charge in [0.15, 0.2) is 0 Å². The van der Waals surface area contributed by atoms with Crippen LogP contribution in [0.1, 0.15) is 16.8 Å². The van der Waals surface area contributed by atoms with Gasteiger partial charge in [0.05, 0.1) is 19.8 Å². The van der Waals surface area contributed by atoms with Gasteiger partial charge in [0.2, 0.25) is 0 Å². The van der Waals surface area contributed by atoms with Gasteiger partial charge in [0, 0.05) is 31.7 Å². The van der Waals surface area contributed by atoms with Crippen molar-refractivity contribution in [2.24, 2.45) is 5.92 Å². The summed E-state index contributed by atoms with van der Waals surface area (Å²) in [4.78, 5) is 14.8. The Hall–Kier alpha value is -1.91. The average Bonchev–Trinajstić information content (AvgIpc) is 3.06. The molecule has 0 radical (unpaired) electrons. The van der Waals surface area contributed by atoms with Crippen LogP contribution in [0.25, 0.3) is 10.8 Å². The summed E-state index contributed by atoms with van der Waals surface area (Å²) < 4.78 is 10.6. The van der Waals surface area contributed by atoms with Crippen molar-refractivity contribution in [1.29, 1.82) is 0 Å². The lowest BCUT2D eigenvalue weighted by atomic mass is 10.0. The Bertz CT molecular complexity index is 665. The van der Waals surface area contributed by atoms with Gasteiger partial charge in [-0.05, 0) is 23.3 Å². The molecule has 1 unspecified atom stereocenters. The molecule has 1 aliphatic rings. The zero-order valence-corrected chi connectivity index (χ0v) is 13.5. The minimum Gasteiger partial charge on any atom is -0.382 e. The van der Waals surface area contributed by atoms with Gasteiger partial charge in [-0.3, -0.25) is 4.79 Å². The van der Waals surface area contributed by atoms with Crippen molar-refractivity contribution in [1.82, 2.24) is 4.90 Å². The summed E-state index contributed by atoms with van der Waals surface area (Å²) in [7, 11) is 1.67. The summed E-state index contributed by atoms with van der Waals surface area (Å²) in [5.74, 6) is 0.548. The normalized spacial score (nSPS) is 17.8. The highest BCUT2D eigenvalue weighted by Crippen LogP contribution is 2.23. The third kappa shape index (κ3) is 3.71. The van der Waals surface area contributed by atoms with Gasteiger partial charge in [-0.15, -0.1) is 0 Å². The number of carbonyl (C=O) groups is 1. The Morgan fingerprint density at radius 1 is 1.17 bits per heavy atom. The number of hydrogen-bond donors (Lipinski definition) is 0. The number of benzene rings is 2. The molecule has 1 aliphatic heterocycles. The smallest absolute Gasteiger partial charge is 0.254 e. The van der Waals surface area contributed by atoms with E-state index in [1.165, 1.54) is 0 Å². The average molecular weight is 313 g/mol. The molecule has 2 aromatic carbocycles. The van der Waals surface area contributed by atoms with E-state index in [1.54, 1.807) is 7.11 Å². The van der Waals surface area contributed by atoms with Crippen LogP contribution in [0.2, 0.25) is 0 Å². The quantitative estimate of drug-likeness (QED) is 0.770. The Kier molecular flexibility index (Phi) is 5.26. The van der Waals surface area contributed by atoms with Gasteiger partial charge in [0.25, 0.3) is 5.91 Å². The van der Waals surface area contributed by atoms with Crippen molar-refractivity contribution in [3.63, 3.8) is 0 Å². The van der Waals surface area contributed by atoms with Crippen LogP contribution in [0.3, 0.4) is 0 Å². The minimum atomic E-state index is 0.126. The summed E-state index contributed by atoms with van der Waals surface area (Å²) in [6, 6.07) is 14.0. The number of nitrogens with zero attached hydrogens (tertiary/aromatic N) is 1. The van der Waals surface area contributed by atoms with Crippen molar-refractivity contribution in [2.75, 3.05) is 40.0 Å². The van der Waals surface area contributed by atoms with Crippen LogP contribution in [-0.2, 0) is 9.47 Å². The summed E-state index contributed by atoms with van der Waals surface area (Å²) in [5, 5.41) is 2.14. The molecule has 0 saturated carbocycles. The van der Waals surface area contributed by atoms with Gasteiger partial charge < -0.3 is 14.4 Å². The highest BCUT2D eigenvalue weighted by atomic mass is 16.5. The molecule has 1 heterocycles. The van der Waals surface area contributed by atoms with Crippen LogP contribution in [0, 0.1) is 5.92 Å². The number of hydrogen-bond acceptors (Lipinski definition) is 3. The second-order valence-corrected chi connectivity index (χ2v) is 6.00. The van der Waals surface area contributed by atoms with Crippen molar-refractivity contribution in [2.45, 2.75) is 6.42 Å². The lowest BCUT2D eigenvalue weighted by molar-refractivity contribution is 0.0515. The van der Waals surface area contributed by atoms with E-state index in [2.05, 4.69) is 0 Å². The van der Waals surface area contributed by atoms with E-state index in [-0.39, 0.29) is 5.91 Å². The summed E-state index contributed by atoms with van der Waals surface area (Å²) >= 11 is 0. The third-order valence-corrected chi connectivity index (χ3v) is 4.38. The molecule has 0 N–H and O–H groups in total. The number of fused-ring (bicyclic) bond motifs is 1. The van der Waals surface area contributed by atoms with Crippen molar-refractivity contribution >= 4 is 16.7 Å². The molecule has 1 saturated heterocycles. The molecular weight excluding hydrogens is 290 g/mol. The zero-order valence-electron chi connectivity index (χ0n) is 13.5. The first kappa shape index (κ1) is 16.0. The largest absolute Gasteiger partial charge is 0.382 e. The summed E-state index contributed by atoms with van der Waals surface area (Å²) in [6.07, 6.45) is 1.00. The maximum Gasteiger partial charge on any atom is 0.254 e. The molecule has 0 aromatic heterocycles. The molecule has 3 rings (SSSR count). The Balaban J connectivity index is 1.64. The van der Waals surface area contributed by atoms with Gasteiger partial charge in [-0.2, -0.15) is 0 Å². The van der Waals surface area contributed by atoms with E-state index in [0.29, 0.717) is 25.7 Å². The summed E-state index contributed by atoms with van der Waals surface area (Å²) in [5.41, 5.74) is 0.795. The van der Waals surface area contributed by atoms with Crippen LogP contribution >= 0.6 is 0 Å². The predicted octanol–water partition coefficient (Wildman–Crippen LogP) is 2.96. The number of carbonyl (C=O) groups excluding carboxylic acids is 1. The van der Waals surface area contributed by atoms with Crippen LogP contribution < -0.4 is 0 Å². The molecular formula is C19H23NO3. The van der Waals surface area contributed by atoms with E-state index in [9.17, 15) is 4.79 Å². The van der Waals surface area contributed by atoms with E-state index in [0.717, 1.165) is 35.8 Å². The minimum absolute atomic E-state index is 0.126. The number of amides is 1. The fourth-order valence-electron chi connectivity index (χ4n) is 3.13. The van der Waals surface area contributed by atoms with Gasteiger partial charge in [0.1, 0.15) is 0 Å². The van der Waals surface area contributed by atoms with Gasteiger partial charge >= 0.3 is 0 Å². The van der Waals surface area contributed by atoms with E-state index in [1.807, 2.05) is 47.4 Å². The maximum atomic E-state index is 12.8. The molecule has 1 amide bonds. The van der Waals surface area contributed by atoms with Crippen molar-refractivity contribution < 1.29 is 14.3 Å². The molecule has 1 atom stereocenters. The zero-order chi connectivity index (χ0) is 16.1. The molecule has 1 fully saturated rings. The van der Waals surface area contributed by atoms with Gasteiger partial charge in [-0.25, -0.2) is 0 Å². The molecule has 4 nitrogen and oxygen atoms in total. The molecule has 122 valence electrons. The Morgan fingerprint density at radius 2 is 2.00 bits per heavy atom. The Morgan fingerprint density at radius 3 is 2.87 bits per heavy atom. The molecule has 0 aliphatic carbocycles. The van der Waals surface area contributed by atoms with E-state index < -0.39 is 0 Å². The highest BCUT2D eigenvalue weighted by molar-refractivity contribution is 6.07. The second-order valence-electron chi connectivity index (χ2n) is 6.00. The number of rotatable bonds is 6. The second kappa shape index (κ2) is 7.57. The first-order valence-electron chi connectivity index (χ1n) is 8.13. The predicted molar refractivity (Wildman–Crippen MR) is 90.7 cm³/mol. The van der Waals surface area contributed by atoms with E-state index >= 15 is 0 Å². The SMILES string of the molecule is COCCOCC1CCN(C(=O)c2cccc3ccccc23)C1. The highest BCUT2D eigenvalue weighted by Gasteiger charge is 2.27. The van der Waals surface area contributed by atoms with Crippen molar-refractivity contribution in [3.8, 4) is 0 Å². The summed E-state index contributed by atoms with van der Waals surface area (Å²) in [6.45, 7) is 3.51. The first-order valence-corrected chi connectivity index (χ1v) is 8.13. The molecule has 0 spiro atoms. The molecule has 0 bridgehead atoms. The lowest BCUT2D eigenvalue weighted by Gasteiger charge is -2.18. The molecule has 4 heteroatoms.